The van der Waals surface area contributed by atoms with Gasteiger partial charge in [0.05, 0.1) is 0 Å². The highest BCUT2D eigenvalue weighted by molar-refractivity contribution is 4.62. The van der Waals surface area contributed by atoms with Gasteiger partial charge in [0, 0.05) is 0 Å². The van der Waals surface area contributed by atoms with Crippen LogP contribution in [0.2, 0.25) is 0 Å². The normalized spacial score (nSPS) is 8.71. The lowest BCUT2D eigenvalue weighted by molar-refractivity contribution is 0.550. The zero-order valence-electron chi connectivity index (χ0n) is 3.30. The third kappa shape index (κ3) is 0.887. The van der Waals surface area contributed by atoms with E-state index in [9.17, 15) is 4.39 Å². The van der Waals surface area contributed by atoms with Gasteiger partial charge in [-0.2, -0.15) is 4.39 Å². The van der Waals surface area contributed by atoms with Crippen LogP contribution in [-0.2, 0) is 0 Å². The van der Waals surface area contributed by atoms with E-state index < -0.39 is 5.95 Å². The summed E-state index contributed by atoms with van der Waals surface area (Å²) in [6.07, 6.45) is 3.06. The van der Waals surface area contributed by atoms with E-state index in [0.29, 0.717) is 0 Å². The molecule has 0 aromatic carbocycles. The van der Waals surface area contributed by atoms with E-state index >= 15 is 0 Å². The van der Waals surface area contributed by atoms with Gasteiger partial charge in [0.2, 0.25) is 0 Å². The Morgan fingerprint density at radius 3 is 2.86 bits per heavy atom. The third-order valence-corrected chi connectivity index (χ3v) is 0.412. The molecule has 0 unspecified atom stereocenters. The van der Waals surface area contributed by atoms with Crippen LogP contribution in [0.3, 0.4) is 0 Å². The number of hydrogen-bond donors (Lipinski definition) is 0. The van der Waals surface area contributed by atoms with Crippen molar-refractivity contribution in [1.82, 2.24) is 15.2 Å². The molecule has 1 aromatic heterocycles. The summed E-state index contributed by atoms with van der Waals surface area (Å²) in [5, 5.41) is 6.06. The number of rotatable bonds is 0. The molecule has 1 aromatic rings. The zero-order chi connectivity index (χ0) is 5.11. The second-order valence-electron chi connectivity index (χ2n) is 0.863. The number of aromatic nitrogens is 3. The maximum atomic E-state index is 11.6. The minimum Gasteiger partial charge on any atom is -0.228 e. The van der Waals surface area contributed by atoms with Crippen molar-refractivity contribution in [2.75, 3.05) is 0 Å². The van der Waals surface area contributed by atoms with Crippen molar-refractivity contribution in [2.45, 2.75) is 0 Å². The Balaban J connectivity index is 3.02. The molecule has 35 valence electrons. The van der Waals surface area contributed by atoms with Crippen molar-refractivity contribution in [3.8, 4) is 0 Å². The molecule has 3 nitrogen and oxygen atoms in total. The molecule has 1 rings (SSSR count). The maximum Gasteiger partial charge on any atom is 0.261 e. The molecule has 0 saturated heterocycles. The van der Waals surface area contributed by atoms with E-state index in [1.807, 2.05) is 6.20 Å². The number of nitrogens with zero attached hydrogens (tertiary/aromatic N) is 3. The van der Waals surface area contributed by atoms with Crippen molar-refractivity contribution in [3.05, 3.63) is 18.5 Å². The molecule has 0 aliphatic rings. The molecule has 1 radical (unpaired) electrons. The standard InChI is InChI=1S/C3HFN3/c4-3-1-5-2-6-7-3/h2H. The van der Waals surface area contributed by atoms with E-state index in [2.05, 4.69) is 15.2 Å². The number of halogens is 1. The van der Waals surface area contributed by atoms with Crippen LogP contribution in [0.1, 0.15) is 0 Å². The first kappa shape index (κ1) is 4.11. The van der Waals surface area contributed by atoms with Crippen LogP contribution < -0.4 is 0 Å². The molecule has 0 amide bonds. The highest BCUT2D eigenvalue weighted by atomic mass is 19.1. The fourth-order valence-corrected chi connectivity index (χ4v) is 0.207. The lowest BCUT2D eigenvalue weighted by Crippen LogP contribution is -1.86. The summed E-state index contributed by atoms with van der Waals surface area (Å²) in [7, 11) is 0. The van der Waals surface area contributed by atoms with Gasteiger partial charge in [-0.3, -0.25) is 0 Å². The SMILES string of the molecule is Fc1[c]ncnn1. The Kier molecular flexibility index (Phi) is 0.934. The Morgan fingerprint density at radius 2 is 2.57 bits per heavy atom. The lowest BCUT2D eigenvalue weighted by atomic mass is 10.9. The third-order valence-electron chi connectivity index (χ3n) is 0.412. The molecule has 0 spiro atoms. The molecule has 1 heterocycles. The topological polar surface area (TPSA) is 38.7 Å². The fraction of sp³-hybridized carbons (Fsp3) is 0. The molecular formula is C3HFN3. The monoisotopic (exact) mass is 98.0 g/mol. The summed E-state index contributed by atoms with van der Waals surface area (Å²) < 4.78 is 11.6. The first-order valence-electron chi connectivity index (χ1n) is 1.60. The van der Waals surface area contributed by atoms with Gasteiger partial charge >= 0.3 is 0 Å². The predicted octanol–water partition coefficient (Wildman–Crippen LogP) is -0.189. The van der Waals surface area contributed by atoms with Crippen LogP contribution in [0.25, 0.3) is 0 Å². The molecule has 0 saturated carbocycles. The quantitative estimate of drug-likeness (QED) is 0.451. The summed E-state index contributed by atoms with van der Waals surface area (Å²) in [5.41, 5.74) is 0. The maximum absolute atomic E-state index is 11.6. The number of hydrogen-bond acceptors (Lipinski definition) is 3. The minimum absolute atomic E-state index is 0.775. The van der Waals surface area contributed by atoms with E-state index in [-0.39, 0.29) is 0 Å². The summed E-state index contributed by atoms with van der Waals surface area (Å²) in [4.78, 5) is 3.21. The van der Waals surface area contributed by atoms with E-state index in [1.165, 1.54) is 0 Å². The molecule has 0 fully saturated rings. The molecule has 4 heteroatoms. The molecule has 0 aliphatic heterocycles. The smallest absolute Gasteiger partial charge is 0.228 e. The van der Waals surface area contributed by atoms with Gasteiger partial charge in [-0.25, -0.2) is 4.98 Å². The first-order chi connectivity index (χ1) is 3.39. The molecule has 0 atom stereocenters. The summed E-state index contributed by atoms with van der Waals surface area (Å²) >= 11 is 0. The van der Waals surface area contributed by atoms with Gasteiger partial charge in [0.15, 0.2) is 6.20 Å². The van der Waals surface area contributed by atoms with Crippen LogP contribution in [0, 0.1) is 12.1 Å². The average molecular weight is 98.1 g/mol. The summed E-state index contributed by atoms with van der Waals surface area (Å²) in [5.74, 6) is -0.775. The van der Waals surface area contributed by atoms with Crippen molar-refractivity contribution in [3.63, 3.8) is 0 Å². The minimum atomic E-state index is -0.775. The Morgan fingerprint density at radius 1 is 1.71 bits per heavy atom. The predicted molar refractivity (Wildman–Crippen MR) is 18.6 cm³/mol. The largest absolute Gasteiger partial charge is 0.261 e. The van der Waals surface area contributed by atoms with Crippen molar-refractivity contribution >= 4 is 0 Å². The van der Waals surface area contributed by atoms with Gasteiger partial charge in [-0.05, 0) is 0 Å². The van der Waals surface area contributed by atoms with Crippen LogP contribution in [0.4, 0.5) is 4.39 Å². The summed E-state index contributed by atoms with van der Waals surface area (Å²) in [6.45, 7) is 0. The van der Waals surface area contributed by atoms with Gasteiger partial charge in [0.25, 0.3) is 5.95 Å². The zero-order valence-corrected chi connectivity index (χ0v) is 3.30. The molecule has 0 bridgehead atoms. The highest BCUT2D eigenvalue weighted by Crippen LogP contribution is 1.76. The van der Waals surface area contributed by atoms with Crippen molar-refractivity contribution in [2.24, 2.45) is 0 Å². The molecule has 0 aliphatic carbocycles. The van der Waals surface area contributed by atoms with Gasteiger partial charge in [-0.15, -0.1) is 10.2 Å². The van der Waals surface area contributed by atoms with E-state index in [1.54, 1.807) is 0 Å². The van der Waals surface area contributed by atoms with E-state index in [0.717, 1.165) is 6.33 Å². The second-order valence-corrected chi connectivity index (χ2v) is 0.863. The van der Waals surface area contributed by atoms with Gasteiger partial charge in [-0.1, -0.05) is 0 Å². The fourth-order valence-electron chi connectivity index (χ4n) is 0.207. The lowest BCUT2D eigenvalue weighted by Gasteiger charge is -1.74. The van der Waals surface area contributed by atoms with Gasteiger partial charge < -0.3 is 0 Å². The van der Waals surface area contributed by atoms with Crippen molar-refractivity contribution in [1.29, 1.82) is 0 Å². The highest BCUT2D eigenvalue weighted by Gasteiger charge is 1.83. The van der Waals surface area contributed by atoms with Crippen LogP contribution in [0.5, 0.6) is 0 Å². The second kappa shape index (κ2) is 1.59. The van der Waals surface area contributed by atoms with Gasteiger partial charge in [0.1, 0.15) is 6.33 Å². The summed E-state index contributed by atoms with van der Waals surface area (Å²) in [6, 6.07) is 0. The van der Waals surface area contributed by atoms with Crippen LogP contribution in [0.15, 0.2) is 6.33 Å². The Hall–Kier alpha value is -1.06. The van der Waals surface area contributed by atoms with Crippen molar-refractivity contribution < 1.29 is 4.39 Å². The van der Waals surface area contributed by atoms with Crippen LogP contribution >= 0.6 is 0 Å². The first-order valence-corrected chi connectivity index (χ1v) is 1.60. The van der Waals surface area contributed by atoms with Crippen LogP contribution in [-0.4, -0.2) is 15.2 Å². The average Bonchev–Trinajstić information content (AvgIpc) is 1.69. The molecule has 0 N–H and O–H groups in total. The Labute approximate surface area is 39.2 Å². The van der Waals surface area contributed by atoms with E-state index in [4.69, 9.17) is 0 Å². The Bertz CT molecular complexity index is 140. The molecule has 7 heavy (non-hydrogen) atoms. The molecular weight excluding hydrogens is 97.1 g/mol.